The fourth-order valence-electron chi connectivity index (χ4n) is 1.18. The van der Waals surface area contributed by atoms with Gasteiger partial charge in [0, 0.05) is 13.6 Å². The molecule has 0 saturated carbocycles. The largest absolute Gasteiger partial charge is 0.480 e. The lowest BCUT2D eigenvalue weighted by atomic mass is 10.4. The number of aliphatic hydroxyl groups is 1. The lowest BCUT2D eigenvalue weighted by Gasteiger charge is -2.26. The van der Waals surface area contributed by atoms with E-state index in [0.29, 0.717) is 0 Å². The molecule has 0 bridgehead atoms. The summed E-state index contributed by atoms with van der Waals surface area (Å²) in [5, 5.41) is 17.7. The Morgan fingerprint density at radius 3 is 2.44 bits per heavy atom. The smallest absolute Gasteiger partial charge is 0.323 e. The van der Waals surface area contributed by atoms with Crippen molar-refractivity contribution in [3.05, 3.63) is 0 Å². The van der Waals surface area contributed by atoms with Gasteiger partial charge in [-0.05, 0) is 6.92 Å². The fourth-order valence-corrected chi connectivity index (χ4v) is 1.18. The predicted octanol–water partition coefficient (Wildman–Crippen LogP) is -0.561. The lowest BCUT2D eigenvalue weighted by molar-refractivity contribution is -0.137. The van der Waals surface area contributed by atoms with Crippen molar-refractivity contribution < 1.29 is 19.8 Å². The molecule has 0 fully saturated rings. The summed E-state index contributed by atoms with van der Waals surface area (Å²) >= 11 is 0. The van der Waals surface area contributed by atoms with Gasteiger partial charge in [0.25, 0.3) is 0 Å². The second-order valence-electron chi connectivity index (χ2n) is 3.47. The molecule has 6 nitrogen and oxygen atoms in total. The zero-order valence-electron chi connectivity index (χ0n) is 9.38. The van der Waals surface area contributed by atoms with E-state index in [1.54, 1.807) is 0 Å². The van der Waals surface area contributed by atoms with Crippen molar-refractivity contribution in [3.8, 4) is 12.3 Å². The highest BCUT2D eigenvalue weighted by molar-refractivity contribution is 5.80. The maximum atomic E-state index is 11.7. The van der Waals surface area contributed by atoms with Gasteiger partial charge in [-0.2, -0.15) is 0 Å². The SMILES string of the molecule is C#CCN(CC(=O)O)C(=O)N(C)CC(C)O. The Bertz CT molecular complexity index is 296. The van der Waals surface area contributed by atoms with Crippen molar-refractivity contribution >= 4 is 12.0 Å². The summed E-state index contributed by atoms with van der Waals surface area (Å²) in [7, 11) is 1.47. The predicted molar refractivity (Wildman–Crippen MR) is 57.7 cm³/mol. The van der Waals surface area contributed by atoms with E-state index in [4.69, 9.17) is 16.6 Å². The van der Waals surface area contributed by atoms with Crippen molar-refractivity contribution in [2.75, 3.05) is 26.7 Å². The molecule has 2 N–H and O–H groups in total. The van der Waals surface area contributed by atoms with Crippen LogP contribution in [-0.2, 0) is 4.79 Å². The number of aliphatic hydroxyl groups excluding tert-OH is 1. The minimum Gasteiger partial charge on any atom is -0.480 e. The summed E-state index contributed by atoms with van der Waals surface area (Å²) in [6, 6.07) is -0.513. The number of rotatable bonds is 5. The molecule has 0 spiro atoms. The first-order valence-electron chi connectivity index (χ1n) is 4.71. The molecule has 1 atom stereocenters. The van der Waals surface area contributed by atoms with Gasteiger partial charge in [0.1, 0.15) is 6.54 Å². The highest BCUT2D eigenvalue weighted by Crippen LogP contribution is 1.98. The van der Waals surface area contributed by atoms with Gasteiger partial charge in [0.2, 0.25) is 0 Å². The summed E-state index contributed by atoms with van der Waals surface area (Å²) in [5.74, 6) is 1.08. The molecule has 0 heterocycles. The number of carboxylic acids is 1. The monoisotopic (exact) mass is 228 g/mol. The average molecular weight is 228 g/mol. The third-order valence-electron chi connectivity index (χ3n) is 1.74. The number of likely N-dealkylation sites (N-methyl/N-ethyl adjacent to an activating group) is 1. The number of aliphatic carboxylic acids is 1. The third-order valence-corrected chi connectivity index (χ3v) is 1.74. The van der Waals surface area contributed by atoms with E-state index < -0.39 is 24.6 Å². The molecule has 90 valence electrons. The zero-order chi connectivity index (χ0) is 12.7. The number of hydrogen-bond acceptors (Lipinski definition) is 3. The molecular formula is C10H16N2O4. The van der Waals surface area contributed by atoms with Crippen LogP contribution in [0, 0.1) is 12.3 Å². The minimum absolute atomic E-state index is 0.0741. The molecule has 0 aliphatic rings. The summed E-state index contributed by atoms with van der Waals surface area (Å²) in [6.45, 7) is 1.13. The number of amides is 2. The number of nitrogens with zero attached hydrogens (tertiary/aromatic N) is 2. The van der Waals surface area contributed by atoms with Gasteiger partial charge in [0.05, 0.1) is 12.6 Å². The maximum Gasteiger partial charge on any atom is 0.323 e. The van der Waals surface area contributed by atoms with Gasteiger partial charge in [-0.25, -0.2) is 4.79 Å². The molecule has 0 aromatic carbocycles. The van der Waals surface area contributed by atoms with Crippen molar-refractivity contribution in [2.45, 2.75) is 13.0 Å². The molecule has 0 saturated heterocycles. The maximum absolute atomic E-state index is 11.7. The molecular weight excluding hydrogens is 212 g/mol. The zero-order valence-corrected chi connectivity index (χ0v) is 9.38. The lowest BCUT2D eigenvalue weighted by Crippen LogP contribution is -2.45. The molecule has 0 aliphatic carbocycles. The van der Waals surface area contributed by atoms with Gasteiger partial charge in [0.15, 0.2) is 0 Å². The second-order valence-corrected chi connectivity index (χ2v) is 3.47. The van der Waals surface area contributed by atoms with Crippen LogP contribution in [0.3, 0.4) is 0 Å². The minimum atomic E-state index is -1.13. The van der Waals surface area contributed by atoms with Crippen molar-refractivity contribution in [2.24, 2.45) is 0 Å². The normalized spacial score (nSPS) is 11.4. The van der Waals surface area contributed by atoms with E-state index in [0.717, 1.165) is 4.90 Å². The van der Waals surface area contributed by atoms with E-state index in [1.165, 1.54) is 18.9 Å². The van der Waals surface area contributed by atoms with Crippen LogP contribution in [0.5, 0.6) is 0 Å². The van der Waals surface area contributed by atoms with Gasteiger partial charge in [-0.15, -0.1) is 6.42 Å². The van der Waals surface area contributed by atoms with Crippen LogP contribution in [0.15, 0.2) is 0 Å². The Kier molecular flexibility index (Phi) is 5.96. The van der Waals surface area contributed by atoms with Crippen LogP contribution >= 0.6 is 0 Å². The standard InChI is InChI=1S/C10H16N2O4/c1-4-5-12(7-9(14)15)10(16)11(3)6-8(2)13/h1,8,13H,5-7H2,2-3H3,(H,14,15). The molecule has 1 unspecified atom stereocenters. The van der Waals surface area contributed by atoms with Crippen LogP contribution in [0.4, 0.5) is 4.79 Å². The summed E-state index contributed by atoms with van der Waals surface area (Å²) < 4.78 is 0. The third kappa shape index (κ3) is 5.22. The van der Waals surface area contributed by atoms with Crippen LogP contribution in [-0.4, -0.2) is 64.8 Å². The first-order valence-corrected chi connectivity index (χ1v) is 4.71. The highest BCUT2D eigenvalue weighted by Gasteiger charge is 2.20. The van der Waals surface area contributed by atoms with E-state index in [2.05, 4.69) is 5.92 Å². The Morgan fingerprint density at radius 2 is 2.06 bits per heavy atom. The number of hydrogen-bond donors (Lipinski definition) is 2. The van der Waals surface area contributed by atoms with Gasteiger partial charge in [-0.3, -0.25) is 4.79 Å². The highest BCUT2D eigenvalue weighted by atomic mass is 16.4. The van der Waals surface area contributed by atoms with Crippen LogP contribution in [0.1, 0.15) is 6.92 Å². The molecule has 0 aromatic heterocycles. The summed E-state index contributed by atoms with van der Waals surface area (Å²) in [5.41, 5.74) is 0. The fraction of sp³-hybridized carbons (Fsp3) is 0.600. The number of terminal acetylenes is 1. The number of carbonyl (C=O) groups is 2. The summed E-state index contributed by atoms with van der Waals surface area (Å²) in [6.07, 6.45) is 4.37. The molecule has 0 radical (unpaired) electrons. The molecule has 0 aliphatic heterocycles. The topological polar surface area (TPSA) is 81.1 Å². The Hall–Kier alpha value is -1.74. The van der Waals surface area contributed by atoms with Gasteiger partial charge in [-0.1, -0.05) is 5.92 Å². The Morgan fingerprint density at radius 1 is 1.50 bits per heavy atom. The number of carboxylic acid groups (broad SMARTS) is 1. The summed E-state index contributed by atoms with van der Waals surface area (Å²) in [4.78, 5) is 24.4. The molecule has 16 heavy (non-hydrogen) atoms. The molecule has 6 heteroatoms. The van der Waals surface area contributed by atoms with Crippen molar-refractivity contribution in [3.63, 3.8) is 0 Å². The Balaban J connectivity index is 4.48. The van der Waals surface area contributed by atoms with Crippen LogP contribution in [0.2, 0.25) is 0 Å². The molecule has 0 rings (SSSR count). The van der Waals surface area contributed by atoms with Crippen molar-refractivity contribution in [1.82, 2.24) is 9.80 Å². The van der Waals surface area contributed by atoms with E-state index >= 15 is 0 Å². The second kappa shape index (κ2) is 6.69. The van der Waals surface area contributed by atoms with Gasteiger partial charge >= 0.3 is 12.0 Å². The first kappa shape index (κ1) is 14.3. The molecule has 2 amide bonds. The Labute approximate surface area is 94.5 Å². The molecule has 0 aromatic rings. The first-order chi connectivity index (χ1) is 7.38. The van der Waals surface area contributed by atoms with Crippen LogP contribution in [0.25, 0.3) is 0 Å². The number of urea groups is 1. The average Bonchev–Trinajstić information content (AvgIpc) is 2.14. The number of carbonyl (C=O) groups excluding carboxylic acids is 1. The van der Waals surface area contributed by atoms with E-state index in [9.17, 15) is 9.59 Å². The van der Waals surface area contributed by atoms with Crippen LogP contribution < -0.4 is 0 Å². The van der Waals surface area contributed by atoms with Gasteiger partial charge < -0.3 is 20.0 Å². The van der Waals surface area contributed by atoms with Crippen molar-refractivity contribution in [1.29, 1.82) is 0 Å². The van der Waals surface area contributed by atoms with E-state index in [-0.39, 0.29) is 13.1 Å². The quantitative estimate of drug-likeness (QED) is 0.618. The van der Waals surface area contributed by atoms with E-state index in [1.807, 2.05) is 0 Å².